The molecule has 0 spiro atoms. The number of H-pyrrole nitrogens is 1. The van der Waals surface area contributed by atoms with E-state index in [9.17, 15) is 22.8 Å². The van der Waals surface area contributed by atoms with Crippen LogP contribution in [-0.2, 0) is 31.4 Å². The van der Waals surface area contributed by atoms with Crippen LogP contribution < -0.4 is 15.5 Å². The summed E-state index contributed by atoms with van der Waals surface area (Å²) in [6, 6.07) is 6.58. The Hall–Kier alpha value is -3.84. The molecular weight excluding hydrogens is 620 g/mol. The molecule has 0 unspecified atom stereocenters. The van der Waals surface area contributed by atoms with Crippen molar-refractivity contribution in [1.29, 1.82) is 0 Å². The maximum Gasteiger partial charge on any atom is 0.262 e. The second-order valence-electron chi connectivity index (χ2n) is 11.2. The lowest BCUT2D eigenvalue weighted by molar-refractivity contribution is -0.130. The molecule has 0 fully saturated rings. The van der Waals surface area contributed by atoms with Crippen LogP contribution in [0.5, 0.6) is 0 Å². The summed E-state index contributed by atoms with van der Waals surface area (Å²) in [5, 5.41) is 12.4. The Morgan fingerprint density at radius 1 is 1.09 bits per heavy atom. The van der Waals surface area contributed by atoms with E-state index in [0.29, 0.717) is 55.4 Å². The third kappa shape index (κ3) is 7.62. The van der Waals surface area contributed by atoms with E-state index >= 15 is 0 Å². The van der Waals surface area contributed by atoms with Crippen molar-refractivity contribution in [2.24, 2.45) is 7.05 Å². The van der Waals surface area contributed by atoms with Crippen LogP contribution in [0.15, 0.2) is 24.3 Å². The summed E-state index contributed by atoms with van der Waals surface area (Å²) in [4.78, 5) is 36.0. The molecule has 0 saturated carbocycles. The summed E-state index contributed by atoms with van der Waals surface area (Å²) in [5.74, 6) is -2.91. The molecular formula is C29H33Cl2F3N8O2. The first-order valence-corrected chi connectivity index (χ1v) is 14.4. The number of nitrogens with zero attached hydrogens (tertiary/aromatic N) is 5. The minimum atomic E-state index is -3.10. The number of halogens is 5. The molecule has 44 heavy (non-hydrogen) atoms. The Labute approximate surface area is 262 Å². The summed E-state index contributed by atoms with van der Waals surface area (Å²) in [6.07, 6.45) is 0.185. The number of aromatic nitrogens is 5. The van der Waals surface area contributed by atoms with Crippen molar-refractivity contribution in [1.82, 2.24) is 35.4 Å². The minimum Gasteiger partial charge on any atom is -0.366 e. The molecule has 2 heterocycles. The first-order chi connectivity index (χ1) is 20.4. The van der Waals surface area contributed by atoms with Gasteiger partial charge in [-0.1, -0.05) is 29.3 Å². The average Bonchev–Trinajstić information content (AvgIpc) is 3.48. The molecule has 0 aliphatic heterocycles. The summed E-state index contributed by atoms with van der Waals surface area (Å²) in [6.45, 7) is 4.20. The fraction of sp³-hybridized carbons (Fsp3) is 0.414. The Balaban J connectivity index is 1.71. The van der Waals surface area contributed by atoms with Crippen molar-refractivity contribution >= 4 is 51.7 Å². The zero-order valence-corrected chi connectivity index (χ0v) is 26.6. The van der Waals surface area contributed by atoms with Crippen molar-refractivity contribution in [3.63, 3.8) is 0 Å². The fourth-order valence-corrected chi connectivity index (χ4v) is 5.08. The molecule has 2 aromatic carbocycles. The van der Waals surface area contributed by atoms with E-state index in [1.54, 1.807) is 50.2 Å². The number of carbonyl (C=O) groups excluding carboxylic acids is 2. The molecule has 4 rings (SSSR count). The Bertz CT molecular complexity index is 1710. The highest BCUT2D eigenvalue weighted by Gasteiger charge is 2.27. The van der Waals surface area contributed by atoms with Crippen molar-refractivity contribution < 1.29 is 22.8 Å². The SMILES string of the molecule is Cc1nc(CN(C)c2cc3c(cc2C(=O)NCC(C)(F)F)nc(Cc2c(Cl)ccc(CNC(=O)C(C)(C)F)c2Cl)n3C)n[nH]1. The topological polar surface area (TPSA) is 121 Å². The van der Waals surface area contributed by atoms with Gasteiger partial charge in [-0.25, -0.2) is 23.1 Å². The number of anilines is 1. The largest absolute Gasteiger partial charge is 0.366 e. The molecule has 3 N–H and O–H groups in total. The highest BCUT2D eigenvalue weighted by atomic mass is 35.5. The third-order valence-corrected chi connectivity index (χ3v) is 7.73. The molecule has 0 aliphatic rings. The quantitative estimate of drug-likeness (QED) is 0.203. The Morgan fingerprint density at radius 2 is 1.80 bits per heavy atom. The van der Waals surface area contributed by atoms with Gasteiger partial charge in [-0.3, -0.25) is 14.7 Å². The Morgan fingerprint density at radius 3 is 2.41 bits per heavy atom. The molecule has 0 bridgehead atoms. The van der Waals surface area contributed by atoms with E-state index in [1.165, 1.54) is 0 Å². The van der Waals surface area contributed by atoms with Crippen molar-refractivity contribution in [2.45, 2.75) is 58.8 Å². The number of aromatic amines is 1. The van der Waals surface area contributed by atoms with Gasteiger partial charge >= 0.3 is 0 Å². The zero-order chi connectivity index (χ0) is 32.6. The lowest BCUT2D eigenvalue weighted by Crippen LogP contribution is -2.38. The predicted molar refractivity (Wildman–Crippen MR) is 163 cm³/mol. The molecule has 15 heteroatoms. The highest BCUT2D eigenvalue weighted by Crippen LogP contribution is 2.33. The second-order valence-corrected chi connectivity index (χ2v) is 12.0. The van der Waals surface area contributed by atoms with Gasteiger partial charge in [-0.2, -0.15) is 5.10 Å². The second kappa shape index (κ2) is 12.6. The van der Waals surface area contributed by atoms with Gasteiger partial charge in [0.25, 0.3) is 17.7 Å². The number of rotatable bonds is 11. The van der Waals surface area contributed by atoms with Crippen LogP contribution >= 0.6 is 23.2 Å². The van der Waals surface area contributed by atoms with Crippen LogP contribution in [0.1, 0.15) is 59.7 Å². The number of imidazole rings is 1. The first kappa shape index (κ1) is 33.1. The summed E-state index contributed by atoms with van der Waals surface area (Å²) in [5.41, 5.74) is 0.733. The maximum atomic E-state index is 14.0. The number of carbonyl (C=O) groups is 2. The van der Waals surface area contributed by atoms with Gasteiger partial charge in [-0.15, -0.1) is 0 Å². The number of aryl methyl sites for hydroxylation is 2. The van der Waals surface area contributed by atoms with E-state index in [-0.39, 0.29) is 25.1 Å². The molecule has 0 aliphatic carbocycles. The lowest BCUT2D eigenvalue weighted by Gasteiger charge is -2.22. The standard InChI is InChI=1S/C29H33Cl2F3N8O2/c1-15-37-23(40-39-15)13-41(5)21-11-22-20(9-18(21)26(43)36-14-29(4,33)34)38-24(42(22)6)10-17-19(30)8-7-16(25(17)31)12-35-27(44)28(2,3)32/h7-9,11H,10,12-14H2,1-6H3,(H,35,44)(H,36,43)(H,37,39,40). The number of amides is 2. The van der Waals surface area contributed by atoms with E-state index < -0.39 is 30.0 Å². The Kier molecular flexibility index (Phi) is 9.50. The number of hydrogen-bond donors (Lipinski definition) is 3. The van der Waals surface area contributed by atoms with E-state index in [1.807, 2.05) is 4.57 Å². The van der Waals surface area contributed by atoms with Crippen molar-refractivity contribution in [3.05, 3.63) is 68.5 Å². The van der Waals surface area contributed by atoms with Gasteiger partial charge in [0.15, 0.2) is 11.5 Å². The van der Waals surface area contributed by atoms with E-state index in [4.69, 9.17) is 28.2 Å². The highest BCUT2D eigenvalue weighted by molar-refractivity contribution is 6.36. The molecule has 0 saturated heterocycles. The van der Waals surface area contributed by atoms with Crippen LogP contribution in [0.3, 0.4) is 0 Å². The third-order valence-electron chi connectivity index (χ3n) is 6.91. The predicted octanol–water partition coefficient (Wildman–Crippen LogP) is 5.28. The van der Waals surface area contributed by atoms with Gasteiger partial charge in [0.05, 0.1) is 40.4 Å². The average molecular weight is 654 g/mol. The molecule has 2 amide bonds. The van der Waals surface area contributed by atoms with Gasteiger partial charge in [-0.05, 0) is 50.1 Å². The number of alkyl halides is 3. The van der Waals surface area contributed by atoms with Crippen LogP contribution in [0, 0.1) is 6.92 Å². The maximum absolute atomic E-state index is 14.0. The molecule has 2 aromatic heterocycles. The summed E-state index contributed by atoms with van der Waals surface area (Å²) in [7, 11) is 3.53. The fourth-order valence-electron chi connectivity index (χ4n) is 4.51. The molecule has 236 valence electrons. The first-order valence-electron chi connectivity index (χ1n) is 13.6. The number of nitrogens with one attached hydrogen (secondary N) is 3. The molecule has 0 atom stereocenters. The number of benzene rings is 2. The van der Waals surface area contributed by atoms with E-state index in [2.05, 4.69) is 25.8 Å². The van der Waals surface area contributed by atoms with Crippen molar-refractivity contribution in [3.8, 4) is 0 Å². The monoisotopic (exact) mass is 652 g/mol. The summed E-state index contributed by atoms with van der Waals surface area (Å²) >= 11 is 13.2. The normalized spacial score (nSPS) is 12.1. The van der Waals surface area contributed by atoms with Crippen LogP contribution in [-0.4, -0.2) is 61.7 Å². The zero-order valence-electron chi connectivity index (χ0n) is 25.1. The number of fused-ring (bicyclic) bond motifs is 1. The molecule has 0 radical (unpaired) electrons. The molecule has 4 aromatic rings. The molecule has 10 nitrogen and oxygen atoms in total. The van der Waals surface area contributed by atoms with E-state index in [0.717, 1.165) is 20.8 Å². The van der Waals surface area contributed by atoms with Gasteiger partial charge in [0.1, 0.15) is 11.6 Å². The van der Waals surface area contributed by atoms with Crippen LogP contribution in [0.4, 0.5) is 18.9 Å². The van der Waals surface area contributed by atoms with Crippen LogP contribution in [0.25, 0.3) is 11.0 Å². The van der Waals surface area contributed by atoms with Gasteiger partial charge < -0.3 is 20.1 Å². The summed E-state index contributed by atoms with van der Waals surface area (Å²) < 4.78 is 43.0. The van der Waals surface area contributed by atoms with Gasteiger partial charge in [0.2, 0.25) is 0 Å². The number of hydrogen-bond acceptors (Lipinski definition) is 6. The minimum absolute atomic E-state index is 0.00686. The van der Waals surface area contributed by atoms with Gasteiger partial charge in [0, 0.05) is 39.0 Å². The van der Waals surface area contributed by atoms with Crippen LogP contribution in [0.2, 0.25) is 10.0 Å². The van der Waals surface area contributed by atoms with Crippen molar-refractivity contribution in [2.75, 3.05) is 18.5 Å². The smallest absolute Gasteiger partial charge is 0.262 e. The lowest BCUT2D eigenvalue weighted by atomic mass is 10.1.